The molecular formula is C12H20N4. The second-order valence-electron chi connectivity index (χ2n) is 4.40. The summed E-state index contributed by atoms with van der Waals surface area (Å²) in [6.45, 7) is 5.39. The Morgan fingerprint density at radius 1 is 1.44 bits per heavy atom. The van der Waals surface area contributed by atoms with E-state index >= 15 is 0 Å². The Kier molecular flexibility index (Phi) is 4.10. The van der Waals surface area contributed by atoms with E-state index in [1.54, 1.807) is 0 Å². The summed E-state index contributed by atoms with van der Waals surface area (Å²) in [7, 11) is 0. The fraction of sp³-hybridized carbons (Fsp3) is 0.667. The molecule has 0 amide bonds. The lowest BCUT2D eigenvalue weighted by Crippen LogP contribution is -2.18. The average molecular weight is 220 g/mol. The van der Waals surface area contributed by atoms with Crippen molar-refractivity contribution in [2.24, 2.45) is 5.92 Å². The quantitative estimate of drug-likeness (QED) is 0.788. The van der Waals surface area contributed by atoms with Crippen LogP contribution < -0.4 is 10.6 Å². The van der Waals surface area contributed by atoms with Crippen molar-refractivity contribution in [2.75, 3.05) is 25.0 Å². The summed E-state index contributed by atoms with van der Waals surface area (Å²) in [6.07, 6.45) is 7.30. The number of nitrogens with zero attached hydrogens (tertiary/aromatic N) is 2. The van der Waals surface area contributed by atoms with Crippen molar-refractivity contribution in [3.05, 3.63) is 18.0 Å². The van der Waals surface area contributed by atoms with E-state index in [0.29, 0.717) is 0 Å². The number of hydrogen-bond donors (Lipinski definition) is 2. The normalized spacial score (nSPS) is 19.9. The molecule has 1 fully saturated rings. The van der Waals surface area contributed by atoms with E-state index in [9.17, 15) is 0 Å². The monoisotopic (exact) mass is 220 g/mol. The SMILES string of the molecule is CCCc1cnc(NCC2CCNC2)nc1. The van der Waals surface area contributed by atoms with Crippen molar-refractivity contribution >= 4 is 5.95 Å². The molecule has 2 rings (SSSR count). The highest BCUT2D eigenvalue weighted by Gasteiger charge is 2.13. The Morgan fingerprint density at radius 3 is 2.88 bits per heavy atom. The van der Waals surface area contributed by atoms with Crippen molar-refractivity contribution in [2.45, 2.75) is 26.2 Å². The van der Waals surface area contributed by atoms with E-state index in [1.165, 1.54) is 12.0 Å². The first-order valence-electron chi connectivity index (χ1n) is 6.14. The highest BCUT2D eigenvalue weighted by atomic mass is 15.1. The largest absolute Gasteiger partial charge is 0.354 e. The molecular weight excluding hydrogens is 200 g/mol. The molecule has 88 valence electrons. The lowest BCUT2D eigenvalue weighted by atomic mass is 10.1. The van der Waals surface area contributed by atoms with Crippen molar-refractivity contribution in [3.8, 4) is 0 Å². The van der Waals surface area contributed by atoms with Gasteiger partial charge < -0.3 is 10.6 Å². The molecule has 2 N–H and O–H groups in total. The summed E-state index contributed by atoms with van der Waals surface area (Å²) in [5, 5.41) is 6.65. The molecule has 0 aromatic carbocycles. The molecule has 0 aliphatic carbocycles. The Morgan fingerprint density at radius 2 is 2.25 bits per heavy atom. The molecule has 1 unspecified atom stereocenters. The van der Waals surface area contributed by atoms with E-state index in [0.717, 1.165) is 44.3 Å². The van der Waals surface area contributed by atoms with E-state index in [4.69, 9.17) is 0 Å². The van der Waals surface area contributed by atoms with Crippen molar-refractivity contribution in [3.63, 3.8) is 0 Å². The molecule has 2 heterocycles. The Balaban J connectivity index is 1.80. The summed E-state index contributed by atoms with van der Waals surface area (Å²) in [5.74, 6) is 1.48. The van der Waals surface area contributed by atoms with Gasteiger partial charge in [0, 0.05) is 18.9 Å². The van der Waals surface area contributed by atoms with E-state index in [-0.39, 0.29) is 0 Å². The summed E-state index contributed by atoms with van der Waals surface area (Å²) in [5.41, 5.74) is 1.22. The first-order chi connectivity index (χ1) is 7.88. The lowest BCUT2D eigenvalue weighted by molar-refractivity contribution is 0.612. The van der Waals surface area contributed by atoms with Crippen molar-refractivity contribution < 1.29 is 0 Å². The number of anilines is 1. The molecule has 4 nitrogen and oxygen atoms in total. The van der Waals surface area contributed by atoms with Crippen LogP contribution in [0.15, 0.2) is 12.4 Å². The van der Waals surface area contributed by atoms with E-state index in [1.807, 2.05) is 12.4 Å². The third-order valence-corrected chi connectivity index (χ3v) is 2.96. The zero-order chi connectivity index (χ0) is 11.2. The zero-order valence-corrected chi connectivity index (χ0v) is 9.87. The molecule has 0 radical (unpaired) electrons. The fourth-order valence-electron chi connectivity index (χ4n) is 1.99. The van der Waals surface area contributed by atoms with Gasteiger partial charge in [-0.25, -0.2) is 9.97 Å². The molecule has 4 heteroatoms. The maximum absolute atomic E-state index is 4.32. The van der Waals surface area contributed by atoms with Gasteiger partial charge in [0.1, 0.15) is 0 Å². The van der Waals surface area contributed by atoms with Gasteiger partial charge in [0.05, 0.1) is 0 Å². The highest BCUT2D eigenvalue weighted by Crippen LogP contribution is 2.08. The number of aromatic nitrogens is 2. The van der Waals surface area contributed by atoms with Gasteiger partial charge in [0.25, 0.3) is 0 Å². The minimum atomic E-state index is 0.721. The molecule has 1 aromatic heterocycles. The summed E-state index contributed by atoms with van der Waals surface area (Å²) in [6, 6.07) is 0. The molecule has 0 spiro atoms. The Labute approximate surface area is 96.9 Å². The standard InChI is InChI=1S/C12H20N4/c1-2-3-10-7-14-12(15-8-10)16-9-11-4-5-13-6-11/h7-8,11,13H,2-6,9H2,1H3,(H,14,15,16). The maximum atomic E-state index is 4.32. The van der Waals surface area contributed by atoms with Crippen LogP contribution in [0.25, 0.3) is 0 Å². The van der Waals surface area contributed by atoms with Crippen molar-refractivity contribution in [1.82, 2.24) is 15.3 Å². The van der Waals surface area contributed by atoms with Gasteiger partial charge in [-0.1, -0.05) is 13.3 Å². The highest BCUT2D eigenvalue weighted by molar-refractivity contribution is 5.24. The molecule has 0 saturated carbocycles. The van der Waals surface area contributed by atoms with Crippen LogP contribution in [0.2, 0.25) is 0 Å². The molecule has 1 atom stereocenters. The number of rotatable bonds is 5. The number of hydrogen-bond acceptors (Lipinski definition) is 4. The first-order valence-corrected chi connectivity index (χ1v) is 6.14. The van der Waals surface area contributed by atoms with Crippen LogP contribution in [0.4, 0.5) is 5.95 Å². The van der Waals surface area contributed by atoms with Crippen LogP contribution in [-0.4, -0.2) is 29.6 Å². The first kappa shape index (κ1) is 11.3. The van der Waals surface area contributed by atoms with E-state index < -0.39 is 0 Å². The molecule has 16 heavy (non-hydrogen) atoms. The Hall–Kier alpha value is -1.16. The van der Waals surface area contributed by atoms with Gasteiger partial charge >= 0.3 is 0 Å². The molecule has 1 aliphatic heterocycles. The van der Waals surface area contributed by atoms with Crippen molar-refractivity contribution in [1.29, 1.82) is 0 Å². The summed E-state index contributed by atoms with van der Waals surface area (Å²) < 4.78 is 0. The lowest BCUT2D eigenvalue weighted by Gasteiger charge is -2.09. The minimum absolute atomic E-state index is 0.721. The van der Waals surface area contributed by atoms with Gasteiger partial charge in [0.2, 0.25) is 5.95 Å². The average Bonchev–Trinajstić information content (AvgIpc) is 2.82. The van der Waals surface area contributed by atoms with Gasteiger partial charge in [-0.2, -0.15) is 0 Å². The summed E-state index contributed by atoms with van der Waals surface area (Å²) >= 11 is 0. The smallest absolute Gasteiger partial charge is 0.222 e. The second kappa shape index (κ2) is 5.80. The minimum Gasteiger partial charge on any atom is -0.354 e. The van der Waals surface area contributed by atoms with Crippen LogP contribution in [-0.2, 0) is 6.42 Å². The summed E-state index contributed by atoms with van der Waals surface area (Å²) in [4.78, 5) is 8.63. The van der Waals surface area contributed by atoms with Gasteiger partial charge in [-0.05, 0) is 37.4 Å². The fourth-order valence-corrected chi connectivity index (χ4v) is 1.99. The third kappa shape index (κ3) is 3.17. The predicted molar refractivity (Wildman–Crippen MR) is 65.5 cm³/mol. The number of nitrogens with one attached hydrogen (secondary N) is 2. The molecule has 1 aliphatic rings. The van der Waals surface area contributed by atoms with E-state index in [2.05, 4.69) is 27.5 Å². The van der Waals surface area contributed by atoms with Crippen LogP contribution in [0.1, 0.15) is 25.3 Å². The molecule has 1 saturated heterocycles. The zero-order valence-electron chi connectivity index (χ0n) is 9.87. The molecule has 0 bridgehead atoms. The maximum Gasteiger partial charge on any atom is 0.222 e. The topological polar surface area (TPSA) is 49.8 Å². The predicted octanol–water partition coefficient (Wildman–Crippen LogP) is 1.45. The Bertz CT molecular complexity index is 303. The molecule has 1 aromatic rings. The second-order valence-corrected chi connectivity index (χ2v) is 4.40. The van der Waals surface area contributed by atoms with Crippen LogP contribution in [0.5, 0.6) is 0 Å². The van der Waals surface area contributed by atoms with Crippen LogP contribution >= 0.6 is 0 Å². The third-order valence-electron chi connectivity index (χ3n) is 2.96. The van der Waals surface area contributed by atoms with Crippen LogP contribution in [0, 0.1) is 5.92 Å². The van der Waals surface area contributed by atoms with Gasteiger partial charge in [-0.15, -0.1) is 0 Å². The van der Waals surface area contributed by atoms with Gasteiger partial charge in [0.15, 0.2) is 0 Å². The van der Waals surface area contributed by atoms with Crippen LogP contribution in [0.3, 0.4) is 0 Å². The van der Waals surface area contributed by atoms with Gasteiger partial charge in [-0.3, -0.25) is 0 Å². The number of aryl methyl sites for hydroxylation is 1.